The topological polar surface area (TPSA) is 104 Å². The minimum absolute atomic E-state index is 0.545. The van der Waals surface area contributed by atoms with E-state index in [1.165, 1.54) is 0 Å². The third kappa shape index (κ3) is 5.31. The molecule has 0 aliphatic carbocycles. The van der Waals surface area contributed by atoms with Crippen molar-refractivity contribution in [3.63, 3.8) is 0 Å². The van der Waals surface area contributed by atoms with E-state index in [1.54, 1.807) is 24.8 Å². The average molecular weight is 721 g/mol. The molecule has 0 atom stereocenters. The molecule has 0 saturated carbocycles. The molecule has 8 nitrogen and oxygen atoms in total. The van der Waals surface area contributed by atoms with Gasteiger partial charge in [-0.2, -0.15) is 0 Å². The van der Waals surface area contributed by atoms with Crippen LogP contribution in [-0.2, 0) is 0 Å². The van der Waals surface area contributed by atoms with Crippen molar-refractivity contribution in [1.82, 2.24) is 29.9 Å². The first-order valence-electron chi connectivity index (χ1n) is 18.3. The predicted molar refractivity (Wildman–Crippen MR) is 220 cm³/mol. The minimum Gasteiger partial charge on any atom is -0.455 e. The molecule has 0 N–H and O–H groups in total. The number of rotatable bonds is 6. The average Bonchev–Trinajstić information content (AvgIpc) is 3.88. The molecule has 56 heavy (non-hydrogen) atoms. The second-order valence-corrected chi connectivity index (χ2v) is 13.5. The van der Waals surface area contributed by atoms with Crippen molar-refractivity contribution in [2.75, 3.05) is 0 Å². The number of hydrogen-bond donors (Lipinski definition) is 0. The Bertz CT molecular complexity index is 3180. The van der Waals surface area contributed by atoms with Gasteiger partial charge in [0.2, 0.25) is 5.89 Å². The maximum Gasteiger partial charge on any atom is 0.227 e. The van der Waals surface area contributed by atoms with Crippen molar-refractivity contribution in [2.24, 2.45) is 0 Å². The third-order valence-corrected chi connectivity index (χ3v) is 10.2. The highest BCUT2D eigenvalue weighted by Gasteiger charge is 2.23. The zero-order valence-corrected chi connectivity index (χ0v) is 29.7. The zero-order valence-electron chi connectivity index (χ0n) is 29.7. The fourth-order valence-corrected chi connectivity index (χ4v) is 7.51. The van der Waals surface area contributed by atoms with Crippen molar-refractivity contribution >= 4 is 43.8 Å². The molecule has 11 rings (SSSR count). The largest absolute Gasteiger partial charge is 0.455 e. The fraction of sp³-hybridized carbons (Fsp3) is 0. The number of fused-ring (bicyclic) bond motifs is 5. The summed E-state index contributed by atoms with van der Waals surface area (Å²) in [6.07, 6.45) is 6.99. The van der Waals surface area contributed by atoms with Gasteiger partial charge in [0, 0.05) is 57.8 Å². The Morgan fingerprint density at radius 2 is 0.946 bits per heavy atom. The van der Waals surface area contributed by atoms with Gasteiger partial charge in [0.25, 0.3) is 0 Å². The minimum atomic E-state index is 0.545. The van der Waals surface area contributed by atoms with E-state index < -0.39 is 0 Å². The van der Waals surface area contributed by atoms with Gasteiger partial charge < -0.3 is 8.83 Å². The van der Waals surface area contributed by atoms with E-state index in [2.05, 4.69) is 82.8 Å². The van der Waals surface area contributed by atoms with Crippen LogP contribution in [0.25, 0.3) is 112 Å². The Labute approximate surface area is 319 Å². The van der Waals surface area contributed by atoms with E-state index in [9.17, 15) is 0 Å². The second kappa shape index (κ2) is 12.9. The molecular weight excluding hydrogens is 693 g/mol. The summed E-state index contributed by atoms with van der Waals surface area (Å²) < 4.78 is 13.3. The summed E-state index contributed by atoms with van der Waals surface area (Å²) in [6, 6.07) is 49.1. The first kappa shape index (κ1) is 31.7. The third-order valence-electron chi connectivity index (χ3n) is 10.2. The summed E-state index contributed by atoms with van der Waals surface area (Å²) in [5.41, 5.74) is 10.5. The molecule has 0 aliphatic heterocycles. The van der Waals surface area contributed by atoms with Crippen LogP contribution in [0.3, 0.4) is 0 Å². The summed E-state index contributed by atoms with van der Waals surface area (Å²) in [4.78, 5) is 28.1. The number of benzene rings is 6. The van der Waals surface area contributed by atoms with Gasteiger partial charge in [-0.1, -0.05) is 97.1 Å². The molecule has 11 aromatic rings. The van der Waals surface area contributed by atoms with Gasteiger partial charge in [0.15, 0.2) is 23.1 Å². The molecule has 5 heterocycles. The fourth-order valence-electron chi connectivity index (χ4n) is 7.51. The second-order valence-electron chi connectivity index (χ2n) is 13.5. The van der Waals surface area contributed by atoms with Gasteiger partial charge in [-0.25, -0.2) is 19.9 Å². The normalized spacial score (nSPS) is 11.6. The van der Waals surface area contributed by atoms with E-state index >= 15 is 0 Å². The number of para-hydroxylation sites is 1. The molecule has 8 heteroatoms. The summed E-state index contributed by atoms with van der Waals surface area (Å²) in [5.74, 6) is 2.22. The molecule has 0 bridgehead atoms. The number of pyridine rings is 2. The molecule has 0 radical (unpaired) electrons. The number of aromatic nitrogens is 6. The van der Waals surface area contributed by atoms with Crippen molar-refractivity contribution in [2.45, 2.75) is 0 Å². The molecule has 0 saturated heterocycles. The van der Waals surface area contributed by atoms with Crippen LogP contribution in [0.5, 0.6) is 0 Å². The maximum absolute atomic E-state index is 6.64. The smallest absolute Gasteiger partial charge is 0.227 e. The van der Waals surface area contributed by atoms with Crippen molar-refractivity contribution in [3.05, 3.63) is 170 Å². The predicted octanol–water partition coefficient (Wildman–Crippen LogP) is 11.9. The number of furan rings is 1. The van der Waals surface area contributed by atoms with Crippen LogP contribution in [0.2, 0.25) is 0 Å². The van der Waals surface area contributed by atoms with Crippen LogP contribution in [0.15, 0.2) is 179 Å². The summed E-state index contributed by atoms with van der Waals surface area (Å²) >= 11 is 0. The maximum atomic E-state index is 6.64. The number of hydrogen-bond acceptors (Lipinski definition) is 8. The van der Waals surface area contributed by atoms with Gasteiger partial charge in [-0.05, 0) is 76.0 Å². The van der Waals surface area contributed by atoms with Gasteiger partial charge in [-0.15, -0.1) is 0 Å². The Balaban J connectivity index is 1.06. The molecule has 262 valence electrons. The van der Waals surface area contributed by atoms with Crippen LogP contribution < -0.4 is 0 Å². The Morgan fingerprint density at radius 1 is 0.375 bits per heavy atom. The van der Waals surface area contributed by atoms with Crippen molar-refractivity contribution in [1.29, 1.82) is 0 Å². The van der Waals surface area contributed by atoms with Crippen LogP contribution in [-0.4, -0.2) is 29.9 Å². The highest BCUT2D eigenvalue weighted by molar-refractivity contribution is 6.20. The lowest BCUT2D eigenvalue weighted by molar-refractivity contribution is 0.619. The monoisotopic (exact) mass is 720 g/mol. The van der Waals surface area contributed by atoms with Crippen LogP contribution in [0, 0.1) is 0 Å². The number of nitrogens with zero attached hydrogens (tertiary/aromatic N) is 6. The molecule has 0 amide bonds. The Kier molecular flexibility index (Phi) is 7.31. The molecule has 0 aliphatic rings. The lowest BCUT2D eigenvalue weighted by atomic mass is 9.91. The van der Waals surface area contributed by atoms with Crippen molar-refractivity contribution < 1.29 is 8.83 Å². The van der Waals surface area contributed by atoms with E-state index in [4.69, 9.17) is 28.8 Å². The summed E-state index contributed by atoms with van der Waals surface area (Å²) in [5, 5.41) is 4.20. The van der Waals surface area contributed by atoms with Crippen LogP contribution >= 0.6 is 0 Å². The van der Waals surface area contributed by atoms with Gasteiger partial charge in [0.1, 0.15) is 16.7 Å². The van der Waals surface area contributed by atoms with E-state index in [0.717, 1.165) is 82.7 Å². The Morgan fingerprint density at radius 3 is 1.62 bits per heavy atom. The first-order chi connectivity index (χ1) is 27.7. The lowest BCUT2D eigenvalue weighted by Crippen LogP contribution is -2.00. The highest BCUT2D eigenvalue weighted by atomic mass is 16.4. The van der Waals surface area contributed by atoms with Gasteiger partial charge in [-0.3, -0.25) is 9.97 Å². The van der Waals surface area contributed by atoms with Crippen molar-refractivity contribution in [3.8, 4) is 67.9 Å². The van der Waals surface area contributed by atoms with E-state index in [-0.39, 0.29) is 0 Å². The molecule has 5 aromatic heterocycles. The molecular formula is C48H28N6O2. The van der Waals surface area contributed by atoms with Crippen LogP contribution in [0.4, 0.5) is 0 Å². The quantitative estimate of drug-likeness (QED) is 0.167. The SMILES string of the molecule is c1ccc(-c2nc3cc4c(oc5ccccc54)c(-c4ccc(-c5ccc(-c6nc(-c7cccnc7)nc(-c7cccnc7)n6)cc5)c5ccccc45)c3o2)cc1. The van der Waals surface area contributed by atoms with Gasteiger partial charge in [0.05, 0.1) is 5.56 Å². The highest BCUT2D eigenvalue weighted by Crippen LogP contribution is 2.45. The molecule has 0 unspecified atom stereocenters. The van der Waals surface area contributed by atoms with E-state index in [0.29, 0.717) is 28.9 Å². The first-order valence-corrected chi connectivity index (χ1v) is 18.3. The number of oxazole rings is 1. The molecule has 0 fully saturated rings. The van der Waals surface area contributed by atoms with Crippen LogP contribution in [0.1, 0.15) is 0 Å². The summed E-state index contributed by atoms with van der Waals surface area (Å²) in [7, 11) is 0. The molecule has 6 aromatic carbocycles. The Hall–Kier alpha value is -7.84. The standard InChI is InChI=1S/C48H28N6O2/c1-2-10-31(11-3-1)48-51-40-26-39-37-16-6-7-17-41(37)55-43(39)42(44(40)56-48)38-23-22-34(35-14-4-5-15-36(35)38)29-18-20-30(21-19-29)45-52-46(32-12-8-24-49-27-32)54-47(53-45)33-13-9-25-50-28-33/h1-28H. The molecule has 0 spiro atoms. The van der Waals surface area contributed by atoms with E-state index in [1.807, 2.05) is 72.8 Å². The zero-order chi connectivity index (χ0) is 37.0. The lowest BCUT2D eigenvalue weighted by Gasteiger charge is -2.13. The van der Waals surface area contributed by atoms with Gasteiger partial charge >= 0.3 is 0 Å². The summed E-state index contributed by atoms with van der Waals surface area (Å²) in [6.45, 7) is 0.